The number of ether oxygens (including phenoxy) is 1. The summed E-state index contributed by atoms with van der Waals surface area (Å²) in [6.45, 7) is 0. The third-order valence-electron chi connectivity index (χ3n) is 3.04. The minimum atomic E-state index is -1.34. The Morgan fingerprint density at radius 1 is 1.24 bits per heavy atom. The molecule has 0 bridgehead atoms. The quantitative estimate of drug-likeness (QED) is 0.750. The molecule has 5 nitrogen and oxygen atoms in total. The molecule has 0 aliphatic carbocycles. The summed E-state index contributed by atoms with van der Waals surface area (Å²) in [5.41, 5.74) is 8.42. The molecule has 0 amide bonds. The summed E-state index contributed by atoms with van der Waals surface area (Å²) < 4.78 is 22.9. The van der Waals surface area contributed by atoms with Gasteiger partial charge < -0.3 is 14.9 Å². The number of hydrogen-bond donors (Lipinski definition) is 1. The van der Waals surface area contributed by atoms with E-state index in [0.717, 1.165) is 11.3 Å². The van der Waals surface area contributed by atoms with E-state index in [1.807, 2.05) is 24.3 Å². The maximum atomic E-state index is 12.3. The Morgan fingerprint density at radius 3 is 2.71 bits per heavy atom. The van der Waals surface area contributed by atoms with E-state index in [1.54, 1.807) is 25.3 Å². The lowest BCUT2D eigenvalue weighted by Crippen LogP contribution is -1.96. The van der Waals surface area contributed by atoms with Gasteiger partial charge in [0.15, 0.2) is 5.58 Å². The number of nitrogens with two attached hydrogens (primary N) is 1. The standard InChI is InChI=1S/C15H14N2O3S/c1-19-12-5-2-10(3-6-12)9-21(18)15-17-13-8-11(16)4-7-14(13)20-15/h2-8H,9,16H2,1H3. The van der Waals surface area contributed by atoms with Crippen LogP contribution in [0.15, 0.2) is 52.1 Å². The minimum Gasteiger partial charge on any atom is -0.497 e. The molecule has 1 atom stereocenters. The zero-order valence-electron chi connectivity index (χ0n) is 11.4. The molecule has 0 saturated heterocycles. The third kappa shape index (κ3) is 2.90. The monoisotopic (exact) mass is 302 g/mol. The molecule has 1 unspecified atom stereocenters. The number of fused-ring (bicyclic) bond motifs is 1. The lowest BCUT2D eigenvalue weighted by Gasteiger charge is -2.01. The van der Waals surface area contributed by atoms with Gasteiger partial charge in [0.2, 0.25) is 0 Å². The highest BCUT2D eigenvalue weighted by Crippen LogP contribution is 2.22. The van der Waals surface area contributed by atoms with Gasteiger partial charge in [0.05, 0.1) is 12.9 Å². The number of aromatic nitrogens is 1. The Labute approximate surface area is 124 Å². The molecule has 2 aromatic carbocycles. The summed E-state index contributed by atoms with van der Waals surface area (Å²) in [5, 5.41) is 0.214. The zero-order chi connectivity index (χ0) is 14.8. The number of nitrogens with zero attached hydrogens (tertiary/aromatic N) is 1. The second kappa shape index (κ2) is 5.57. The maximum Gasteiger partial charge on any atom is 0.288 e. The van der Waals surface area contributed by atoms with Crippen molar-refractivity contribution in [1.82, 2.24) is 4.98 Å². The summed E-state index contributed by atoms with van der Waals surface area (Å²) in [4.78, 5) is 4.23. The fourth-order valence-electron chi connectivity index (χ4n) is 1.96. The van der Waals surface area contributed by atoms with E-state index in [-0.39, 0.29) is 5.22 Å². The molecule has 1 heterocycles. The number of oxazole rings is 1. The van der Waals surface area contributed by atoms with Crippen molar-refractivity contribution >= 4 is 27.6 Å². The van der Waals surface area contributed by atoms with Crippen LogP contribution in [0.2, 0.25) is 0 Å². The van der Waals surface area contributed by atoms with Crippen LogP contribution in [0, 0.1) is 0 Å². The number of nitrogen functional groups attached to an aromatic ring is 1. The van der Waals surface area contributed by atoms with E-state index in [1.165, 1.54) is 0 Å². The first-order valence-electron chi connectivity index (χ1n) is 6.33. The predicted octanol–water partition coefficient (Wildman–Crippen LogP) is 2.73. The third-order valence-corrected chi connectivity index (χ3v) is 4.20. The second-order valence-corrected chi connectivity index (χ2v) is 5.87. The topological polar surface area (TPSA) is 78.3 Å². The van der Waals surface area contributed by atoms with Gasteiger partial charge in [0, 0.05) is 5.69 Å². The van der Waals surface area contributed by atoms with Crippen molar-refractivity contribution in [3.05, 3.63) is 48.0 Å². The molecule has 6 heteroatoms. The largest absolute Gasteiger partial charge is 0.497 e. The fourth-order valence-corrected chi connectivity index (χ4v) is 2.96. The van der Waals surface area contributed by atoms with E-state index in [9.17, 15) is 4.21 Å². The van der Waals surface area contributed by atoms with Crippen LogP contribution in [0.1, 0.15) is 5.56 Å². The zero-order valence-corrected chi connectivity index (χ0v) is 12.2. The summed E-state index contributed by atoms with van der Waals surface area (Å²) in [6.07, 6.45) is 0. The van der Waals surface area contributed by atoms with Crippen LogP contribution in [0.4, 0.5) is 5.69 Å². The molecule has 0 aliphatic heterocycles. The van der Waals surface area contributed by atoms with E-state index in [4.69, 9.17) is 14.9 Å². The van der Waals surface area contributed by atoms with Gasteiger partial charge in [-0.1, -0.05) is 12.1 Å². The minimum absolute atomic E-state index is 0.214. The highest BCUT2D eigenvalue weighted by molar-refractivity contribution is 7.84. The molecule has 0 spiro atoms. The molecule has 0 fully saturated rings. The average molecular weight is 302 g/mol. The Morgan fingerprint density at radius 2 is 2.00 bits per heavy atom. The highest BCUT2D eigenvalue weighted by atomic mass is 32.2. The molecule has 0 saturated carbocycles. The van der Waals surface area contributed by atoms with Crippen molar-refractivity contribution in [2.45, 2.75) is 11.0 Å². The summed E-state index contributed by atoms with van der Waals surface area (Å²) >= 11 is 0. The lowest BCUT2D eigenvalue weighted by atomic mass is 10.2. The van der Waals surface area contributed by atoms with E-state index in [2.05, 4.69) is 4.98 Å². The normalized spacial score (nSPS) is 12.4. The van der Waals surface area contributed by atoms with Crippen molar-refractivity contribution in [2.75, 3.05) is 12.8 Å². The predicted molar refractivity (Wildman–Crippen MR) is 81.5 cm³/mol. The molecule has 108 valence electrons. The van der Waals surface area contributed by atoms with Crippen molar-refractivity contribution in [3.63, 3.8) is 0 Å². The smallest absolute Gasteiger partial charge is 0.288 e. The van der Waals surface area contributed by atoms with Crippen LogP contribution in [-0.2, 0) is 16.6 Å². The van der Waals surface area contributed by atoms with Crippen LogP contribution in [-0.4, -0.2) is 16.3 Å². The van der Waals surface area contributed by atoms with Gasteiger partial charge in [-0.2, -0.15) is 0 Å². The van der Waals surface area contributed by atoms with Crippen LogP contribution in [0.5, 0.6) is 5.75 Å². The van der Waals surface area contributed by atoms with Crippen LogP contribution in [0.25, 0.3) is 11.1 Å². The highest BCUT2D eigenvalue weighted by Gasteiger charge is 2.13. The van der Waals surface area contributed by atoms with Gasteiger partial charge in [0.1, 0.15) is 22.1 Å². The molecule has 1 aromatic heterocycles. The Kier molecular flexibility index (Phi) is 3.62. The molecular formula is C15H14N2O3S. The van der Waals surface area contributed by atoms with Crippen molar-refractivity contribution in [2.24, 2.45) is 0 Å². The molecule has 2 N–H and O–H groups in total. The fraction of sp³-hybridized carbons (Fsp3) is 0.133. The molecule has 3 rings (SSSR count). The number of methoxy groups -OCH3 is 1. The first-order chi connectivity index (χ1) is 10.2. The van der Waals surface area contributed by atoms with Gasteiger partial charge >= 0.3 is 0 Å². The van der Waals surface area contributed by atoms with Gasteiger partial charge in [-0.25, -0.2) is 9.19 Å². The van der Waals surface area contributed by atoms with E-state index in [0.29, 0.717) is 22.5 Å². The van der Waals surface area contributed by atoms with Crippen molar-refractivity contribution in [3.8, 4) is 5.75 Å². The first-order valence-corrected chi connectivity index (χ1v) is 7.65. The van der Waals surface area contributed by atoms with Crippen LogP contribution >= 0.6 is 0 Å². The molecule has 3 aromatic rings. The summed E-state index contributed by atoms with van der Waals surface area (Å²) in [6, 6.07) is 12.6. The Bertz CT molecular complexity index is 796. The van der Waals surface area contributed by atoms with Crippen LogP contribution in [0.3, 0.4) is 0 Å². The number of anilines is 1. The van der Waals surface area contributed by atoms with E-state index < -0.39 is 10.8 Å². The Balaban J connectivity index is 1.82. The average Bonchev–Trinajstić information content (AvgIpc) is 2.91. The SMILES string of the molecule is COc1ccc(CS(=O)c2nc3cc(N)ccc3o2)cc1. The lowest BCUT2D eigenvalue weighted by molar-refractivity contribution is 0.414. The summed E-state index contributed by atoms with van der Waals surface area (Å²) in [7, 11) is 0.267. The van der Waals surface area contributed by atoms with E-state index >= 15 is 0 Å². The van der Waals surface area contributed by atoms with Gasteiger partial charge in [-0.15, -0.1) is 0 Å². The number of hydrogen-bond acceptors (Lipinski definition) is 5. The number of rotatable bonds is 4. The first kappa shape index (κ1) is 13.6. The van der Waals surface area contributed by atoms with Crippen molar-refractivity contribution in [1.29, 1.82) is 0 Å². The maximum absolute atomic E-state index is 12.3. The molecule has 0 aliphatic rings. The van der Waals surface area contributed by atoms with Crippen molar-refractivity contribution < 1.29 is 13.4 Å². The van der Waals surface area contributed by atoms with Gasteiger partial charge in [-0.3, -0.25) is 0 Å². The van der Waals surface area contributed by atoms with Gasteiger partial charge in [-0.05, 0) is 35.9 Å². The summed E-state index contributed by atoms with van der Waals surface area (Å²) in [5.74, 6) is 1.11. The van der Waals surface area contributed by atoms with Gasteiger partial charge in [0.25, 0.3) is 5.22 Å². The number of benzene rings is 2. The molecular weight excluding hydrogens is 288 g/mol. The second-order valence-electron chi connectivity index (χ2n) is 4.54. The van der Waals surface area contributed by atoms with Crippen LogP contribution < -0.4 is 10.5 Å². The molecule has 21 heavy (non-hydrogen) atoms. The Hall–Kier alpha value is -2.34. The molecule has 0 radical (unpaired) electrons.